The summed E-state index contributed by atoms with van der Waals surface area (Å²) in [5, 5.41) is 2.79. The Hall–Kier alpha value is -4.13. The van der Waals surface area contributed by atoms with Gasteiger partial charge in [-0.1, -0.05) is 36.4 Å². The quantitative estimate of drug-likeness (QED) is 0.478. The molecule has 4 aromatic rings. The van der Waals surface area contributed by atoms with E-state index in [0.717, 1.165) is 5.69 Å². The average molecular weight is 415 g/mol. The maximum atomic E-state index is 13.0. The molecule has 7 heteroatoms. The van der Waals surface area contributed by atoms with E-state index in [1.807, 2.05) is 25.1 Å². The topological polar surface area (TPSA) is 81.9 Å². The van der Waals surface area contributed by atoms with Crippen molar-refractivity contribution in [2.75, 3.05) is 12.4 Å². The number of hydrogen-bond donors (Lipinski definition) is 1. The number of ether oxygens (including phenoxy) is 2. The Kier molecular flexibility index (Phi) is 5.66. The molecule has 0 spiro atoms. The van der Waals surface area contributed by atoms with Crippen molar-refractivity contribution in [1.82, 2.24) is 9.38 Å². The normalized spacial score (nSPS) is 11.7. The molecule has 1 amide bonds. The van der Waals surface area contributed by atoms with Gasteiger partial charge < -0.3 is 19.2 Å². The van der Waals surface area contributed by atoms with Crippen LogP contribution in [-0.2, 0) is 9.53 Å². The average Bonchev–Trinajstić information content (AvgIpc) is 3.24. The zero-order valence-electron chi connectivity index (χ0n) is 17.1. The third-order valence-corrected chi connectivity index (χ3v) is 4.83. The molecule has 0 fully saturated rings. The first-order valence-electron chi connectivity index (χ1n) is 9.71. The van der Waals surface area contributed by atoms with Gasteiger partial charge in [-0.3, -0.25) is 4.79 Å². The summed E-state index contributed by atoms with van der Waals surface area (Å²) in [7, 11) is 1.57. The van der Waals surface area contributed by atoms with Gasteiger partial charge in [-0.2, -0.15) is 0 Å². The van der Waals surface area contributed by atoms with Crippen molar-refractivity contribution in [3.63, 3.8) is 0 Å². The molecule has 0 unspecified atom stereocenters. The Morgan fingerprint density at radius 3 is 2.39 bits per heavy atom. The molecule has 156 valence electrons. The second-order valence-electron chi connectivity index (χ2n) is 6.94. The van der Waals surface area contributed by atoms with Crippen LogP contribution in [0.5, 0.6) is 5.75 Å². The highest BCUT2D eigenvalue weighted by Crippen LogP contribution is 2.23. The van der Waals surface area contributed by atoms with Crippen LogP contribution in [0.25, 0.3) is 5.65 Å². The fraction of sp³-hybridized carbons (Fsp3) is 0.125. The monoisotopic (exact) mass is 415 g/mol. The Morgan fingerprint density at radius 1 is 0.968 bits per heavy atom. The van der Waals surface area contributed by atoms with Crippen LogP contribution in [0.15, 0.2) is 79.0 Å². The number of hydrogen-bond acceptors (Lipinski definition) is 5. The van der Waals surface area contributed by atoms with Crippen LogP contribution in [-0.4, -0.2) is 28.4 Å². The zero-order valence-corrected chi connectivity index (χ0v) is 17.1. The van der Waals surface area contributed by atoms with Crippen molar-refractivity contribution in [3.05, 3.63) is 95.9 Å². The Morgan fingerprint density at radius 2 is 1.71 bits per heavy atom. The van der Waals surface area contributed by atoms with E-state index < -0.39 is 18.0 Å². The number of fused-ring (bicyclic) bond motifs is 1. The lowest BCUT2D eigenvalue weighted by atomic mass is 10.1. The molecule has 4 rings (SSSR count). The van der Waals surface area contributed by atoms with Gasteiger partial charge in [0.15, 0.2) is 5.69 Å². The minimum Gasteiger partial charge on any atom is -0.497 e. The Labute approximate surface area is 179 Å². The van der Waals surface area contributed by atoms with Crippen molar-refractivity contribution in [2.24, 2.45) is 0 Å². The minimum absolute atomic E-state index is 0.132. The van der Waals surface area contributed by atoms with Crippen molar-refractivity contribution < 1.29 is 19.1 Å². The zero-order chi connectivity index (χ0) is 21.8. The second kappa shape index (κ2) is 8.71. The smallest absolute Gasteiger partial charge is 0.359 e. The summed E-state index contributed by atoms with van der Waals surface area (Å²) >= 11 is 0. The predicted molar refractivity (Wildman–Crippen MR) is 116 cm³/mol. The number of nitrogens with one attached hydrogen (secondary N) is 1. The van der Waals surface area contributed by atoms with Gasteiger partial charge in [-0.15, -0.1) is 0 Å². The molecular formula is C24H21N3O4. The van der Waals surface area contributed by atoms with Crippen LogP contribution in [0.4, 0.5) is 5.69 Å². The third kappa shape index (κ3) is 4.40. The molecule has 31 heavy (non-hydrogen) atoms. The molecule has 0 aliphatic heterocycles. The summed E-state index contributed by atoms with van der Waals surface area (Å²) in [6.07, 6.45) is 0.470. The number of benzene rings is 2. The third-order valence-electron chi connectivity index (χ3n) is 4.83. The Bertz CT molecular complexity index is 1220. The number of nitrogens with zero attached hydrogens (tertiary/aromatic N) is 2. The van der Waals surface area contributed by atoms with Gasteiger partial charge >= 0.3 is 5.97 Å². The molecule has 0 bridgehead atoms. The molecular weight excluding hydrogens is 394 g/mol. The summed E-state index contributed by atoms with van der Waals surface area (Å²) in [5.74, 6) is -0.474. The number of pyridine rings is 1. The second-order valence-corrected chi connectivity index (χ2v) is 6.94. The molecule has 0 radical (unpaired) electrons. The maximum Gasteiger partial charge on any atom is 0.359 e. The highest BCUT2D eigenvalue weighted by molar-refractivity contribution is 5.97. The lowest BCUT2D eigenvalue weighted by Crippen LogP contribution is -2.26. The van der Waals surface area contributed by atoms with Gasteiger partial charge in [0.25, 0.3) is 5.91 Å². The molecule has 2 aromatic carbocycles. The van der Waals surface area contributed by atoms with E-state index in [1.54, 1.807) is 72.3 Å². The summed E-state index contributed by atoms with van der Waals surface area (Å²) < 4.78 is 12.6. The van der Waals surface area contributed by atoms with E-state index in [0.29, 0.717) is 22.6 Å². The van der Waals surface area contributed by atoms with Crippen molar-refractivity contribution in [3.8, 4) is 5.75 Å². The van der Waals surface area contributed by atoms with Crippen LogP contribution in [0, 0.1) is 6.92 Å². The summed E-state index contributed by atoms with van der Waals surface area (Å²) in [6.45, 7) is 1.92. The molecule has 1 N–H and O–H groups in total. The largest absolute Gasteiger partial charge is 0.497 e. The predicted octanol–water partition coefficient (Wildman–Crippen LogP) is 4.19. The van der Waals surface area contributed by atoms with Crippen molar-refractivity contribution in [2.45, 2.75) is 13.0 Å². The number of anilines is 1. The SMILES string of the molecule is COc1ccc(NC(=O)[C@@H](OC(=O)c2cn3c(C)cccc3n2)c2ccccc2)cc1. The molecule has 0 saturated heterocycles. The van der Waals surface area contributed by atoms with Gasteiger partial charge in [0.05, 0.1) is 7.11 Å². The summed E-state index contributed by atoms with van der Waals surface area (Å²) in [4.78, 5) is 30.2. The van der Waals surface area contributed by atoms with Crippen molar-refractivity contribution in [1.29, 1.82) is 0 Å². The number of aryl methyl sites for hydroxylation is 1. The molecule has 2 heterocycles. The molecule has 2 aromatic heterocycles. The van der Waals surface area contributed by atoms with Crippen LogP contribution in [0.2, 0.25) is 0 Å². The van der Waals surface area contributed by atoms with Crippen LogP contribution in [0.1, 0.15) is 27.8 Å². The van der Waals surface area contributed by atoms with Crippen molar-refractivity contribution >= 4 is 23.2 Å². The van der Waals surface area contributed by atoms with E-state index in [2.05, 4.69) is 10.3 Å². The van der Waals surface area contributed by atoms with E-state index in [-0.39, 0.29) is 5.69 Å². The van der Waals surface area contributed by atoms with Gasteiger partial charge in [0, 0.05) is 23.1 Å². The molecule has 0 aliphatic rings. The number of methoxy groups -OCH3 is 1. The fourth-order valence-electron chi connectivity index (χ4n) is 3.20. The molecule has 0 aliphatic carbocycles. The minimum atomic E-state index is -1.14. The molecule has 1 atom stereocenters. The standard InChI is InChI=1S/C24H21N3O4/c1-16-7-6-10-21-26-20(15-27(16)21)24(29)31-22(17-8-4-3-5-9-17)23(28)25-18-11-13-19(30-2)14-12-18/h3-15,22H,1-2H3,(H,25,28)/t22-/m0/s1. The number of aromatic nitrogens is 2. The number of carbonyl (C=O) groups excluding carboxylic acids is 2. The highest BCUT2D eigenvalue weighted by Gasteiger charge is 2.27. The van der Waals surface area contributed by atoms with Crippen LogP contribution >= 0.6 is 0 Å². The summed E-state index contributed by atoms with van der Waals surface area (Å²) in [5.41, 5.74) is 2.81. The van der Waals surface area contributed by atoms with Gasteiger partial charge in [-0.25, -0.2) is 9.78 Å². The van der Waals surface area contributed by atoms with Crippen LogP contribution < -0.4 is 10.1 Å². The molecule has 0 saturated carbocycles. The lowest BCUT2D eigenvalue weighted by molar-refractivity contribution is -0.125. The number of amides is 1. The van der Waals surface area contributed by atoms with E-state index in [4.69, 9.17) is 9.47 Å². The number of rotatable bonds is 6. The Balaban J connectivity index is 1.59. The fourth-order valence-corrected chi connectivity index (χ4v) is 3.20. The molecule has 7 nitrogen and oxygen atoms in total. The first-order chi connectivity index (χ1) is 15.0. The van der Waals surface area contributed by atoms with Gasteiger partial charge in [0.2, 0.25) is 6.10 Å². The van der Waals surface area contributed by atoms with E-state index in [9.17, 15) is 9.59 Å². The lowest BCUT2D eigenvalue weighted by Gasteiger charge is -2.17. The van der Waals surface area contributed by atoms with E-state index >= 15 is 0 Å². The maximum absolute atomic E-state index is 13.0. The van der Waals surface area contributed by atoms with E-state index in [1.165, 1.54) is 0 Å². The number of esters is 1. The van der Waals surface area contributed by atoms with Gasteiger partial charge in [0.1, 0.15) is 11.4 Å². The van der Waals surface area contributed by atoms with Crippen LogP contribution in [0.3, 0.4) is 0 Å². The summed E-state index contributed by atoms with van der Waals surface area (Å²) in [6, 6.07) is 21.3. The van der Waals surface area contributed by atoms with Gasteiger partial charge in [-0.05, 0) is 43.3 Å². The number of carbonyl (C=O) groups is 2. The first-order valence-corrected chi connectivity index (χ1v) is 9.71. The number of imidazole rings is 1. The highest BCUT2D eigenvalue weighted by atomic mass is 16.5. The first kappa shape index (κ1) is 20.2.